The van der Waals surface area contributed by atoms with E-state index in [-0.39, 0.29) is 60.4 Å². The lowest BCUT2D eigenvalue weighted by Gasteiger charge is -2.11. The number of aliphatic hydroxyl groups is 1. The molecular weight excluding hydrogens is 1730 g/mol. The van der Waals surface area contributed by atoms with E-state index in [1.807, 2.05) is 15.5 Å². The van der Waals surface area contributed by atoms with E-state index in [2.05, 4.69) is 78.5 Å². The number of aromatic carboxylic acids is 2. The van der Waals surface area contributed by atoms with E-state index in [1.165, 1.54) is 71.4 Å². The van der Waals surface area contributed by atoms with E-state index in [0.29, 0.717) is 52.5 Å². The van der Waals surface area contributed by atoms with Crippen LogP contribution in [0.15, 0.2) is 194 Å². The number of hydrogen-bond donors (Lipinski definition) is 7. The number of amides is 1. The van der Waals surface area contributed by atoms with Gasteiger partial charge in [0.15, 0.2) is 22.9 Å². The number of allylic oxidation sites excluding steroid dienone is 3. The van der Waals surface area contributed by atoms with Gasteiger partial charge in [-0.1, -0.05) is 23.5 Å². The molecule has 0 radical (unpaired) electrons. The van der Waals surface area contributed by atoms with Crippen LogP contribution in [0.25, 0.3) is 11.1 Å². The van der Waals surface area contributed by atoms with Crippen LogP contribution in [0.3, 0.4) is 0 Å². The summed E-state index contributed by atoms with van der Waals surface area (Å²) in [5.41, 5.74) is 4.56. The van der Waals surface area contributed by atoms with Gasteiger partial charge in [-0.25, -0.2) is 9.59 Å². The number of nitrogens with zero attached hydrogens (tertiary/aromatic N) is 17. The summed E-state index contributed by atoms with van der Waals surface area (Å²) in [5.74, 6) is -2.49. The Bertz CT molecular complexity index is 5460. The normalized spacial score (nSPS) is 11.6. The molecule has 1 aliphatic heterocycles. The number of carbonyl (C=O) groups is 3. The zero-order valence-corrected chi connectivity index (χ0v) is 65.2. The van der Waals surface area contributed by atoms with Gasteiger partial charge in [-0.3, -0.25) is 69.0 Å². The summed E-state index contributed by atoms with van der Waals surface area (Å²) < 4.78 is 242. The zero-order valence-electron chi connectivity index (χ0n) is 65.2. The minimum absolute atomic E-state index is 0. The molecule has 11 aromatic rings. The Morgan fingerprint density at radius 1 is 0.571 bits per heavy atom. The number of nitrogens with one attached hydrogen (secondary N) is 2. The largest absolute Gasteiger partial charge is 0.478 e. The first-order valence-corrected chi connectivity index (χ1v) is 34.6. The van der Waals surface area contributed by atoms with Crippen LogP contribution in [0.2, 0.25) is 0 Å². The van der Waals surface area contributed by atoms with Gasteiger partial charge in [-0.2, -0.15) is 99.6 Å². The van der Waals surface area contributed by atoms with Crippen LogP contribution in [0.4, 0.5) is 96.1 Å². The Labute approximate surface area is 700 Å². The minimum Gasteiger partial charge on any atom is -0.478 e. The van der Waals surface area contributed by atoms with E-state index in [1.54, 1.807) is 13.8 Å². The van der Waals surface area contributed by atoms with Crippen molar-refractivity contribution in [2.24, 2.45) is 5.73 Å². The summed E-state index contributed by atoms with van der Waals surface area (Å²) in [7, 11) is 4.00. The Hall–Kier alpha value is -15.1. The van der Waals surface area contributed by atoms with Gasteiger partial charge in [0.05, 0.1) is 132 Å². The number of nitrogens with two attached hydrogens (primary N) is 2. The van der Waals surface area contributed by atoms with Crippen molar-refractivity contribution in [3.8, 4) is 6.07 Å². The first kappa shape index (κ1) is 105. The smallest absolute Gasteiger partial charge is 0.417 e. The molecule has 0 aromatic carbocycles. The number of carboxylic acids is 2. The number of carbonyl (C=O) groups excluding carboxylic acids is 1. The van der Waals surface area contributed by atoms with Gasteiger partial charge in [0.2, 0.25) is 0 Å². The van der Waals surface area contributed by atoms with Gasteiger partial charge in [0, 0.05) is 136 Å². The highest BCUT2D eigenvalue weighted by Gasteiger charge is 2.38. The van der Waals surface area contributed by atoms with E-state index < -0.39 is 122 Å². The van der Waals surface area contributed by atoms with Crippen molar-refractivity contribution in [2.75, 3.05) is 24.3 Å². The molecule has 1 saturated heterocycles. The summed E-state index contributed by atoms with van der Waals surface area (Å²) in [5, 5.41) is 81.1. The molecule has 1 fully saturated rings. The fourth-order valence-corrected chi connectivity index (χ4v) is 8.93. The number of nitro groups is 2. The molecular formula is C72H69B2F18N21O13. The van der Waals surface area contributed by atoms with E-state index in [0.717, 1.165) is 129 Å². The molecule has 0 unspecified atom stereocenters. The van der Waals surface area contributed by atoms with Crippen LogP contribution in [0, 0.1) is 37.0 Å². The minimum atomic E-state index is -4.66. The monoisotopic (exact) mass is 1800 g/mol. The van der Waals surface area contributed by atoms with Crippen LogP contribution >= 0.6 is 0 Å². The average Bonchev–Trinajstić information content (AvgIpc) is 1.81. The van der Waals surface area contributed by atoms with Gasteiger partial charge in [0.25, 0.3) is 5.91 Å². The van der Waals surface area contributed by atoms with Gasteiger partial charge < -0.3 is 51.3 Å². The summed E-state index contributed by atoms with van der Waals surface area (Å²) >= 11 is 0. The predicted molar refractivity (Wildman–Crippen MR) is 413 cm³/mol. The van der Waals surface area contributed by atoms with Gasteiger partial charge in [0.1, 0.15) is 18.5 Å². The van der Waals surface area contributed by atoms with Crippen LogP contribution in [-0.4, -0.2) is 147 Å². The standard InChI is InChI=1S/C17H14F3N5O2.C10H7F3N4O2.C10H9F3N4.C7H3F3N2.C7H4F3NO2.C7H6F3NO.C7H7NO3.C4H8O.C3H5N3O2.B2H4.H2/c1-10(2)15-5-14(24-27-15)16(26)23-12-7-22-25(9-12)8-11-6-21-4-3-13(11)17(18,19)20;11-10(12,13)9-1-2-14-3-7(9)5-16-6-8(4-15-16)17(18)19;11-10(12,13)9-1-2-15-3-7(9)5-17-6-8(14)4-16-17;8-7(9,10)6-1-2-12-4-5(6)3-11;8-7(9,10)5-1-2-11-3-4(5)6(12)13;8-7(9,10)6-1-2-11-3-5(6)4-12;1-4(2)6-3-5(7(9)10)8-11-6;1-2-4-5-3-1;4-1-3(2-5)6(7)8;1-2;/h3-7,9H,1,8H2,2H3,(H,23,26);1-4,6H,5H2;1-4,6H,5,14H2;1-2,4H;1-3H,(H,12,13);1-3,12H,4H2;3H,1H2,2H3,(H,9,10);1-4H2;1-2,4H,5H2;1-2H2;1H/b;;;;;;;;3-2+,4-1?;;. The fraction of sp³-hybridized carbons (Fsp3) is 0.222. The number of pyridine rings is 6. The fourth-order valence-electron chi connectivity index (χ4n) is 8.93. The van der Waals surface area contributed by atoms with Gasteiger partial charge in [-0.15, -0.1) is 0 Å². The molecule has 0 spiro atoms. The van der Waals surface area contributed by atoms with Crippen LogP contribution in [0.5, 0.6) is 0 Å². The predicted octanol–water partition coefficient (Wildman–Crippen LogP) is 13.5. The highest BCUT2D eigenvalue weighted by molar-refractivity contribution is 6.75. The Morgan fingerprint density at radius 3 is 1.25 bits per heavy atom. The topological polar surface area (TPSA) is 502 Å². The third kappa shape index (κ3) is 35.5. The number of rotatable bonds is 16. The molecule has 0 bridgehead atoms. The first-order chi connectivity index (χ1) is 58.9. The van der Waals surface area contributed by atoms with E-state index >= 15 is 0 Å². The molecule has 126 heavy (non-hydrogen) atoms. The summed E-state index contributed by atoms with van der Waals surface area (Å²) in [6.07, 6.45) is -3.28. The lowest BCUT2D eigenvalue weighted by atomic mass is 9.81. The van der Waals surface area contributed by atoms with Crippen molar-refractivity contribution < 1.29 is 134 Å². The quantitative estimate of drug-likeness (QED) is 0.0155. The van der Waals surface area contributed by atoms with Crippen molar-refractivity contribution in [3.63, 3.8) is 0 Å². The number of alkyl halides is 18. The summed E-state index contributed by atoms with van der Waals surface area (Å²) in [6.45, 7) is 11.6. The number of aliphatic hydroxyl groups excluding tert-OH is 1. The van der Waals surface area contributed by atoms with E-state index in [9.17, 15) is 114 Å². The summed E-state index contributed by atoms with van der Waals surface area (Å²) in [6, 6.07) is 9.15. The lowest BCUT2D eigenvalue weighted by molar-refractivity contribution is -0.414. The molecule has 34 nitrogen and oxygen atoms in total. The van der Waals surface area contributed by atoms with Crippen molar-refractivity contribution in [1.82, 2.24) is 69.6 Å². The molecule has 0 aliphatic carbocycles. The highest BCUT2D eigenvalue weighted by Crippen LogP contribution is 2.37. The molecule has 1 amide bonds. The molecule has 54 heteroatoms. The molecule has 11 aromatic heterocycles. The number of nitriles is 1. The highest BCUT2D eigenvalue weighted by atomic mass is 19.4. The third-order valence-corrected chi connectivity index (χ3v) is 14.7. The molecule has 9 N–H and O–H groups in total. The Kier molecular flexibility index (Phi) is 41.0. The van der Waals surface area contributed by atoms with Crippen molar-refractivity contribution in [3.05, 3.63) is 295 Å². The Morgan fingerprint density at radius 2 is 0.944 bits per heavy atom. The SMILES string of the molecule is BB.C1CCOC1.C=C(C)c1cc(C(=O)Nc2cnn(Cc3cnccc3C(F)(F)F)c2)no1.C=C(C)c1cc(C(=O)O)no1.N#Cc1cnccc1C(F)(F)F.N=C/C(=C\N)[N+](=O)[O-].Nc1cnn(Cc2cnccc2C(F)(F)F)c1.O=C(O)c1cnccc1C(F)(F)F.O=[N+]([O-])c1cnn(Cc2cnccc2C(F)(F)F)c1.OCc1cnccc1C(F)(F)F.[HH]. The maximum absolute atomic E-state index is 13.0. The van der Waals surface area contributed by atoms with Crippen LogP contribution in [-0.2, 0) is 68.0 Å². The van der Waals surface area contributed by atoms with Crippen molar-refractivity contribution in [1.29, 1.82) is 10.7 Å². The number of nitrogen functional groups attached to an aromatic ring is 1. The molecule has 672 valence electrons. The number of anilines is 2. The number of carboxylic acid groups (broad SMARTS) is 2. The van der Waals surface area contributed by atoms with E-state index in [4.69, 9.17) is 46.7 Å². The van der Waals surface area contributed by atoms with Crippen LogP contribution < -0.4 is 16.8 Å². The molecule has 1 aliphatic rings. The number of hydrogen-bond acceptors (Lipinski definition) is 26. The van der Waals surface area contributed by atoms with Gasteiger partial charge >= 0.3 is 60.4 Å². The van der Waals surface area contributed by atoms with Crippen molar-refractivity contribution in [2.45, 2.75) is 90.0 Å². The van der Waals surface area contributed by atoms with Crippen LogP contribution in [0.1, 0.15) is 132 Å². The van der Waals surface area contributed by atoms with Crippen molar-refractivity contribution >= 4 is 67.7 Å². The molecule has 0 saturated carbocycles. The first-order valence-electron chi connectivity index (χ1n) is 34.6. The molecule has 0 atom stereocenters. The lowest BCUT2D eigenvalue weighted by Crippen LogP contribution is -2.13. The average molecular weight is 1800 g/mol. The second-order valence-electron chi connectivity index (χ2n) is 23.9. The maximum atomic E-state index is 13.0. The third-order valence-electron chi connectivity index (χ3n) is 14.7. The second-order valence-corrected chi connectivity index (χ2v) is 23.9. The maximum Gasteiger partial charge on any atom is 0.417 e. The van der Waals surface area contributed by atoms with Gasteiger partial charge in [-0.05, 0) is 74.2 Å². The molecule has 12 heterocycles. The molecule has 12 rings (SSSR count). The number of halogens is 18. The summed E-state index contributed by atoms with van der Waals surface area (Å²) in [4.78, 5) is 72.7. The number of aromatic nitrogens is 14. The second kappa shape index (κ2) is 49.1. The zero-order chi connectivity index (χ0) is 95.1. The Balaban J connectivity index is 0.000000497. The number of ether oxygens (including phenoxy) is 1.